The molecule has 1 aromatic heterocycles. The number of carbonyl (C=O) groups is 1. The number of nitriles is 1. The van der Waals surface area contributed by atoms with E-state index in [0.29, 0.717) is 23.8 Å². The van der Waals surface area contributed by atoms with Gasteiger partial charge in [0, 0.05) is 24.7 Å². The normalized spacial score (nSPS) is 15.9. The van der Waals surface area contributed by atoms with Crippen LogP contribution in [0.1, 0.15) is 68.1 Å². The Hall–Kier alpha value is -2.65. The Labute approximate surface area is 177 Å². The van der Waals surface area contributed by atoms with Crippen LogP contribution in [0.5, 0.6) is 0 Å². The lowest BCUT2D eigenvalue weighted by atomic mass is 10.0. The first kappa shape index (κ1) is 22.6. The van der Waals surface area contributed by atoms with Crippen LogP contribution in [0, 0.1) is 11.3 Å². The number of hydrogen-bond donors (Lipinski definition) is 1. The number of nitrogens with zero attached hydrogens (tertiary/aromatic N) is 4. The van der Waals surface area contributed by atoms with Crippen molar-refractivity contribution in [1.29, 1.82) is 5.26 Å². The van der Waals surface area contributed by atoms with E-state index in [2.05, 4.69) is 29.1 Å². The van der Waals surface area contributed by atoms with E-state index in [4.69, 9.17) is 16.9 Å². The summed E-state index contributed by atoms with van der Waals surface area (Å²) in [6.45, 7) is 9.70. The van der Waals surface area contributed by atoms with Gasteiger partial charge in [0.2, 0.25) is 0 Å². The van der Waals surface area contributed by atoms with Crippen molar-refractivity contribution in [2.24, 2.45) is 0 Å². The van der Waals surface area contributed by atoms with Gasteiger partial charge in [-0.25, -0.2) is 9.97 Å². The van der Waals surface area contributed by atoms with Gasteiger partial charge in [0.15, 0.2) is 10.8 Å². The Kier molecular flexibility index (Phi) is 8.41. The van der Waals surface area contributed by atoms with Crippen LogP contribution in [0.4, 0.5) is 5.82 Å². The fourth-order valence-electron chi connectivity index (χ4n) is 3.18. The summed E-state index contributed by atoms with van der Waals surface area (Å²) in [4.78, 5) is 22.9. The highest BCUT2D eigenvalue weighted by atomic mass is 35.5. The predicted octanol–water partition coefficient (Wildman–Crippen LogP) is 4.55. The van der Waals surface area contributed by atoms with Crippen molar-refractivity contribution in [2.45, 2.75) is 52.5 Å². The number of amides is 1. The number of benzene rings is 1. The molecule has 1 fully saturated rings. The summed E-state index contributed by atoms with van der Waals surface area (Å²) >= 11 is 5.99. The van der Waals surface area contributed by atoms with Gasteiger partial charge in [-0.15, -0.1) is 0 Å². The van der Waals surface area contributed by atoms with Crippen molar-refractivity contribution in [3.8, 4) is 6.07 Å². The number of aromatic nitrogens is 2. The fraction of sp³-hybridized carbons (Fsp3) is 0.455. The van der Waals surface area contributed by atoms with Crippen LogP contribution >= 0.6 is 11.6 Å². The third-order valence-electron chi connectivity index (χ3n) is 4.74. The van der Waals surface area contributed by atoms with E-state index in [0.717, 1.165) is 19.4 Å². The average Bonchev–Trinajstić information content (AvgIpc) is 2.75. The molecule has 1 aromatic carbocycles. The molecule has 1 N–H and O–H groups in total. The standard InChI is InChI=1S/C20H22ClN5O.C2H6/c1-13(2)14-5-7-15(8-6-14)20(27)24-16-4-3-9-26(12-16)18-11-23-17(10-22)19(21)25-18;1-2/h5-8,11,13,16H,3-4,9,12H2,1-2H3,(H,24,27);1-2H3/t16-;/m1./s1. The van der Waals surface area contributed by atoms with E-state index < -0.39 is 0 Å². The van der Waals surface area contributed by atoms with Gasteiger partial charge in [-0.2, -0.15) is 5.26 Å². The zero-order valence-corrected chi connectivity index (χ0v) is 18.2. The first-order chi connectivity index (χ1) is 14.0. The molecular formula is C22H28ClN5O. The molecule has 1 saturated heterocycles. The van der Waals surface area contributed by atoms with Crippen molar-refractivity contribution in [3.63, 3.8) is 0 Å². The molecule has 7 heteroatoms. The summed E-state index contributed by atoms with van der Waals surface area (Å²) in [6, 6.07) is 9.68. The molecule has 29 heavy (non-hydrogen) atoms. The molecule has 3 rings (SSSR count). The van der Waals surface area contributed by atoms with Gasteiger partial charge >= 0.3 is 0 Å². The van der Waals surface area contributed by atoms with Crippen LogP contribution in [-0.4, -0.2) is 35.0 Å². The molecule has 1 aliphatic rings. The quantitative estimate of drug-likeness (QED) is 0.794. The molecule has 1 aliphatic heterocycles. The highest BCUT2D eigenvalue weighted by Gasteiger charge is 2.23. The summed E-state index contributed by atoms with van der Waals surface area (Å²) < 4.78 is 0. The fourth-order valence-corrected chi connectivity index (χ4v) is 3.35. The highest BCUT2D eigenvalue weighted by molar-refractivity contribution is 6.30. The Morgan fingerprint density at radius 1 is 1.31 bits per heavy atom. The molecule has 1 amide bonds. The van der Waals surface area contributed by atoms with E-state index in [9.17, 15) is 4.79 Å². The lowest BCUT2D eigenvalue weighted by Gasteiger charge is -2.33. The van der Waals surface area contributed by atoms with Crippen LogP contribution in [0.15, 0.2) is 30.5 Å². The number of carbonyl (C=O) groups excluding carboxylic acids is 1. The maximum absolute atomic E-state index is 12.6. The molecule has 0 bridgehead atoms. The van der Waals surface area contributed by atoms with Crippen LogP contribution in [0.3, 0.4) is 0 Å². The van der Waals surface area contributed by atoms with Crippen molar-refractivity contribution in [1.82, 2.24) is 15.3 Å². The molecule has 2 heterocycles. The van der Waals surface area contributed by atoms with E-state index in [-0.39, 0.29) is 22.8 Å². The maximum Gasteiger partial charge on any atom is 0.251 e. The van der Waals surface area contributed by atoms with Gasteiger partial charge in [0.05, 0.1) is 6.20 Å². The third kappa shape index (κ3) is 5.91. The molecule has 0 saturated carbocycles. The van der Waals surface area contributed by atoms with E-state index in [1.807, 2.05) is 49.1 Å². The van der Waals surface area contributed by atoms with Crippen LogP contribution < -0.4 is 10.2 Å². The Morgan fingerprint density at radius 2 is 2.00 bits per heavy atom. The minimum absolute atomic E-state index is 0.0206. The molecule has 6 nitrogen and oxygen atoms in total. The largest absolute Gasteiger partial charge is 0.353 e. The molecule has 0 aliphatic carbocycles. The average molecular weight is 414 g/mol. The number of hydrogen-bond acceptors (Lipinski definition) is 5. The first-order valence-corrected chi connectivity index (χ1v) is 10.4. The van der Waals surface area contributed by atoms with Gasteiger partial charge in [-0.05, 0) is 36.5 Å². The molecule has 2 aromatic rings. The topological polar surface area (TPSA) is 81.9 Å². The molecule has 0 spiro atoms. The number of piperidine rings is 1. The second-order valence-electron chi connectivity index (χ2n) is 7.01. The molecule has 0 unspecified atom stereocenters. The molecule has 1 atom stereocenters. The van der Waals surface area contributed by atoms with Crippen LogP contribution in [-0.2, 0) is 0 Å². The monoisotopic (exact) mass is 413 g/mol. The molecular weight excluding hydrogens is 386 g/mol. The van der Waals surface area contributed by atoms with E-state index in [1.165, 1.54) is 5.56 Å². The third-order valence-corrected chi connectivity index (χ3v) is 5.01. The summed E-state index contributed by atoms with van der Waals surface area (Å²) in [7, 11) is 0. The highest BCUT2D eigenvalue weighted by Crippen LogP contribution is 2.21. The predicted molar refractivity (Wildman–Crippen MR) is 116 cm³/mol. The Morgan fingerprint density at radius 3 is 2.59 bits per heavy atom. The number of nitrogens with one attached hydrogen (secondary N) is 1. The lowest BCUT2D eigenvalue weighted by Crippen LogP contribution is -2.48. The summed E-state index contributed by atoms with van der Waals surface area (Å²) in [5.74, 6) is 0.995. The van der Waals surface area contributed by atoms with Crippen LogP contribution in [0.2, 0.25) is 5.15 Å². The van der Waals surface area contributed by atoms with Gasteiger partial charge < -0.3 is 10.2 Å². The Balaban J connectivity index is 0.00000145. The van der Waals surface area contributed by atoms with Crippen LogP contribution in [0.25, 0.3) is 0 Å². The van der Waals surface area contributed by atoms with Gasteiger partial charge in [0.25, 0.3) is 5.91 Å². The van der Waals surface area contributed by atoms with E-state index >= 15 is 0 Å². The maximum atomic E-state index is 12.6. The van der Waals surface area contributed by atoms with Gasteiger partial charge in [-0.3, -0.25) is 4.79 Å². The second-order valence-corrected chi connectivity index (χ2v) is 7.37. The number of anilines is 1. The van der Waals surface area contributed by atoms with Crippen molar-refractivity contribution < 1.29 is 4.79 Å². The number of halogens is 1. The van der Waals surface area contributed by atoms with Crippen molar-refractivity contribution in [3.05, 3.63) is 52.4 Å². The van der Waals surface area contributed by atoms with Gasteiger partial charge in [-0.1, -0.05) is 51.4 Å². The minimum Gasteiger partial charge on any atom is -0.353 e. The molecule has 0 radical (unpaired) electrons. The zero-order valence-electron chi connectivity index (χ0n) is 17.4. The SMILES string of the molecule is CC.CC(C)c1ccc(C(=O)N[C@@H]2CCCN(c3cnc(C#N)c(Cl)n3)C2)cc1. The first-order valence-electron chi connectivity index (χ1n) is 10.1. The smallest absolute Gasteiger partial charge is 0.251 e. The summed E-state index contributed by atoms with van der Waals surface area (Å²) in [5, 5.41) is 12.1. The van der Waals surface area contributed by atoms with Gasteiger partial charge in [0.1, 0.15) is 11.9 Å². The lowest BCUT2D eigenvalue weighted by molar-refractivity contribution is 0.0933. The van der Waals surface area contributed by atoms with Crippen molar-refractivity contribution in [2.75, 3.05) is 18.0 Å². The van der Waals surface area contributed by atoms with Crippen molar-refractivity contribution >= 4 is 23.3 Å². The summed E-state index contributed by atoms with van der Waals surface area (Å²) in [6.07, 6.45) is 3.39. The second kappa shape index (κ2) is 10.8. The zero-order chi connectivity index (χ0) is 21.4. The van der Waals surface area contributed by atoms with E-state index in [1.54, 1.807) is 6.20 Å². The molecule has 154 valence electrons. The number of rotatable bonds is 4. The summed E-state index contributed by atoms with van der Waals surface area (Å²) in [5.41, 5.74) is 2.00. The Bertz CT molecular complexity index is 860. The minimum atomic E-state index is -0.0684.